The summed E-state index contributed by atoms with van der Waals surface area (Å²) in [5.41, 5.74) is -0.247. The number of aliphatic hydroxyl groups is 3. The van der Waals surface area contributed by atoms with Crippen LogP contribution in [0, 0.1) is 23.7 Å². The number of likely N-dealkylation sites (N-methyl/N-ethyl adjacent to an activating group) is 1. The number of ether oxygens (including phenoxy) is 4. The van der Waals surface area contributed by atoms with E-state index in [4.69, 9.17) is 23.8 Å². The smallest absolute Gasteiger partial charge is 0.316 e. The number of cyclic esters (lactones) is 1. The Bertz CT molecular complexity index is 1970. The minimum absolute atomic E-state index is 0.0707. The van der Waals surface area contributed by atoms with E-state index in [-0.39, 0.29) is 38.2 Å². The number of pyridine rings is 1. The molecule has 0 unspecified atom stereocenters. The van der Waals surface area contributed by atoms with Gasteiger partial charge in [0, 0.05) is 35.4 Å². The van der Waals surface area contributed by atoms with Gasteiger partial charge in [-0.3, -0.25) is 14.6 Å². The molecule has 3 N–H and O–H groups in total. The zero-order valence-corrected chi connectivity index (χ0v) is 37.4. The number of benzene rings is 2. The molecule has 2 aromatic carbocycles. The van der Waals surface area contributed by atoms with Gasteiger partial charge in [-0.15, -0.1) is 0 Å². The minimum Gasteiger partial charge on any atom is -0.459 e. The lowest BCUT2D eigenvalue weighted by molar-refractivity contribution is -0.296. The molecule has 1 aromatic heterocycles. The summed E-state index contributed by atoms with van der Waals surface area (Å²) in [5.74, 6) is -4.95. The second-order valence-electron chi connectivity index (χ2n) is 17.7. The van der Waals surface area contributed by atoms with Crippen molar-refractivity contribution in [1.29, 1.82) is 0 Å². The molecule has 2 aliphatic heterocycles. The number of carbonyl (C=O) groups excluding carboxylic acids is 2. The Morgan fingerprint density at radius 3 is 2.36 bits per heavy atom. The van der Waals surface area contributed by atoms with E-state index < -0.39 is 77.3 Å². The summed E-state index contributed by atoms with van der Waals surface area (Å²) in [4.78, 5) is 40.9. The van der Waals surface area contributed by atoms with Crippen molar-refractivity contribution < 1.29 is 48.7 Å². The first kappa shape index (κ1) is 48.0. The number of rotatable bonds is 11. The standard InChI is InChI=1S/C48H67N3O10/c1-11-39-48(8,56)43(54)31(4)40(50-58-28-34-18-13-12-14-19-34)29(2)26-47(7,57-23-17-20-35-25-36-21-15-16-22-37(36)49-27-35)44(32(5)41(52)33(6)45(55)60-39)61-46-42(53)38(51(9)10)24-30(3)59-46/h12-22,25,27,29-33,38-39,42-44,46,53-54,56H,11,23-24,26,28H2,1-10H3/b20-17+,50-40+/t29-,30-,31+,32+,33-,38+,39-,42-,43-,44-,46+,47+,48-/m1/s1. The number of ketones is 1. The van der Waals surface area contributed by atoms with E-state index in [1.807, 2.05) is 113 Å². The number of esters is 1. The number of fused-ring (bicyclic) bond motifs is 1. The van der Waals surface area contributed by atoms with E-state index in [0.717, 1.165) is 22.0 Å². The van der Waals surface area contributed by atoms with Gasteiger partial charge in [-0.25, -0.2) is 0 Å². The van der Waals surface area contributed by atoms with E-state index in [2.05, 4.69) is 10.1 Å². The molecule has 2 aliphatic rings. The SMILES string of the molecule is CC[C@H]1OC(=O)[C@H](C)C(=O)[C@H](C)[C@@H](O[C@@H]2O[C@H](C)C[C@H](N(C)C)[C@H]2O)[C@@](C)(OC/C=C/c2cnc3ccccc3c2)C[C@@H](C)/C(=N\OCc2ccccc2)[C@H](C)[C@@H](O)[C@]1(C)O. The van der Waals surface area contributed by atoms with E-state index in [9.17, 15) is 24.9 Å². The highest BCUT2D eigenvalue weighted by atomic mass is 16.7. The number of aromatic nitrogens is 1. The van der Waals surface area contributed by atoms with Crippen LogP contribution in [0.1, 0.15) is 85.8 Å². The summed E-state index contributed by atoms with van der Waals surface area (Å²) in [5, 5.41) is 41.3. The lowest BCUT2D eigenvalue weighted by Crippen LogP contribution is -2.60. The van der Waals surface area contributed by atoms with E-state index in [1.54, 1.807) is 27.0 Å². The maximum Gasteiger partial charge on any atom is 0.316 e. The number of carbonyl (C=O) groups is 2. The Morgan fingerprint density at radius 2 is 1.67 bits per heavy atom. The first-order valence-corrected chi connectivity index (χ1v) is 21.6. The Labute approximate surface area is 361 Å². The monoisotopic (exact) mass is 845 g/mol. The van der Waals surface area contributed by atoms with Crippen molar-refractivity contribution in [1.82, 2.24) is 9.88 Å². The highest BCUT2D eigenvalue weighted by Crippen LogP contribution is 2.39. The molecule has 0 spiro atoms. The lowest BCUT2D eigenvalue weighted by Gasteiger charge is -2.47. The third-order valence-electron chi connectivity index (χ3n) is 12.6. The van der Waals surface area contributed by atoms with Gasteiger partial charge in [-0.1, -0.05) is 93.5 Å². The molecule has 0 radical (unpaired) electrons. The molecule has 0 aliphatic carbocycles. The fourth-order valence-corrected chi connectivity index (χ4v) is 8.92. The largest absolute Gasteiger partial charge is 0.459 e. The summed E-state index contributed by atoms with van der Waals surface area (Å²) in [6, 6.07) is 19.1. The van der Waals surface area contributed by atoms with Gasteiger partial charge in [-0.2, -0.15) is 0 Å². The van der Waals surface area contributed by atoms with Crippen LogP contribution in [0.3, 0.4) is 0 Å². The normalized spacial score (nSPS) is 35.4. The topological polar surface area (TPSA) is 169 Å². The zero-order chi connectivity index (χ0) is 44.6. The number of oxime groups is 1. The molecule has 0 bridgehead atoms. The van der Waals surface area contributed by atoms with Crippen molar-refractivity contribution in [3.05, 3.63) is 84.1 Å². The van der Waals surface area contributed by atoms with Crippen LogP contribution in [-0.4, -0.2) is 117 Å². The fraction of sp³-hybridized carbons (Fsp3) is 0.583. The third kappa shape index (κ3) is 11.5. The van der Waals surface area contributed by atoms with Crippen molar-refractivity contribution >= 4 is 34.4 Å². The van der Waals surface area contributed by atoms with E-state index >= 15 is 0 Å². The van der Waals surface area contributed by atoms with Crippen LogP contribution in [0.4, 0.5) is 0 Å². The summed E-state index contributed by atoms with van der Waals surface area (Å²) in [6.45, 7) is 13.9. The van der Waals surface area contributed by atoms with Gasteiger partial charge in [0.2, 0.25) is 0 Å². The number of nitrogens with zero attached hydrogens (tertiary/aromatic N) is 3. The van der Waals surface area contributed by atoms with E-state index in [0.29, 0.717) is 12.1 Å². The molecular weight excluding hydrogens is 779 g/mol. The zero-order valence-electron chi connectivity index (χ0n) is 37.4. The first-order valence-electron chi connectivity index (χ1n) is 21.6. The number of hydrogen-bond acceptors (Lipinski definition) is 13. The Kier molecular flexibility index (Phi) is 16.4. The van der Waals surface area contributed by atoms with Crippen molar-refractivity contribution in [3.8, 4) is 0 Å². The summed E-state index contributed by atoms with van der Waals surface area (Å²) in [7, 11) is 3.76. The Hall–Kier alpha value is -4.08. The molecule has 13 heteroatoms. The second-order valence-corrected chi connectivity index (χ2v) is 17.7. The van der Waals surface area contributed by atoms with Crippen LogP contribution in [0.2, 0.25) is 0 Å². The molecule has 2 saturated heterocycles. The van der Waals surface area contributed by atoms with Gasteiger partial charge in [0.05, 0.1) is 41.7 Å². The van der Waals surface area contributed by atoms with Gasteiger partial charge in [0.1, 0.15) is 30.3 Å². The number of Topliss-reactive ketones (excluding diaryl/α,β-unsaturated/α-hetero) is 1. The van der Waals surface area contributed by atoms with E-state index in [1.165, 1.54) is 13.8 Å². The predicted octanol–water partition coefficient (Wildman–Crippen LogP) is 6.36. The molecule has 5 rings (SSSR count). The average Bonchev–Trinajstić information content (AvgIpc) is 3.24. The lowest BCUT2D eigenvalue weighted by atomic mass is 9.74. The second kappa shape index (κ2) is 20.9. The average molecular weight is 846 g/mol. The van der Waals surface area contributed by atoms with Gasteiger partial charge in [0.15, 0.2) is 12.1 Å². The van der Waals surface area contributed by atoms with Crippen LogP contribution < -0.4 is 0 Å². The molecule has 334 valence electrons. The molecule has 3 heterocycles. The first-order chi connectivity index (χ1) is 28.9. The highest BCUT2D eigenvalue weighted by molar-refractivity contribution is 6.00. The van der Waals surface area contributed by atoms with Crippen molar-refractivity contribution in [3.63, 3.8) is 0 Å². The van der Waals surface area contributed by atoms with Crippen LogP contribution in [0.25, 0.3) is 17.0 Å². The van der Waals surface area contributed by atoms with Crippen molar-refractivity contribution in [2.24, 2.45) is 28.8 Å². The molecule has 0 amide bonds. The minimum atomic E-state index is -1.94. The summed E-state index contributed by atoms with van der Waals surface area (Å²) in [6.07, 6.45) is 0.170. The molecule has 2 fully saturated rings. The van der Waals surface area contributed by atoms with Crippen LogP contribution in [-0.2, 0) is 40.0 Å². The van der Waals surface area contributed by atoms with Gasteiger partial charge < -0.3 is 44.0 Å². The van der Waals surface area contributed by atoms with Gasteiger partial charge >= 0.3 is 5.97 Å². The number of aliphatic hydroxyl groups excluding tert-OH is 2. The summed E-state index contributed by atoms with van der Waals surface area (Å²) < 4.78 is 25.9. The van der Waals surface area contributed by atoms with Crippen LogP contribution in [0.15, 0.2) is 78.1 Å². The molecule has 13 nitrogen and oxygen atoms in total. The third-order valence-corrected chi connectivity index (χ3v) is 12.6. The predicted molar refractivity (Wildman–Crippen MR) is 234 cm³/mol. The molecule has 0 saturated carbocycles. The maximum atomic E-state index is 14.6. The Morgan fingerprint density at radius 1 is 0.984 bits per heavy atom. The molecular formula is C48H67N3O10. The number of hydrogen-bond donors (Lipinski definition) is 3. The maximum absolute atomic E-state index is 14.6. The fourth-order valence-electron chi connectivity index (χ4n) is 8.92. The van der Waals surface area contributed by atoms with Crippen molar-refractivity contribution in [2.45, 2.75) is 135 Å². The van der Waals surface area contributed by atoms with Crippen molar-refractivity contribution in [2.75, 3.05) is 20.7 Å². The number of para-hydroxylation sites is 1. The summed E-state index contributed by atoms with van der Waals surface area (Å²) >= 11 is 0. The Balaban J connectivity index is 1.61. The quantitative estimate of drug-likeness (QED) is 0.111. The molecule has 13 atom stereocenters. The van der Waals surface area contributed by atoms with Gasteiger partial charge in [0.25, 0.3) is 0 Å². The van der Waals surface area contributed by atoms with Crippen LogP contribution >= 0.6 is 0 Å². The van der Waals surface area contributed by atoms with Crippen LogP contribution in [0.5, 0.6) is 0 Å². The molecule has 61 heavy (non-hydrogen) atoms. The van der Waals surface area contributed by atoms with Gasteiger partial charge in [-0.05, 0) is 84.3 Å². The highest BCUT2D eigenvalue weighted by Gasteiger charge is 2.52. The molecule has 3 aromatic rings.